The van der Waals surface area contributed by atoms with E-state index in [1.807, 2.05) is 31.2 Å². The summed E-state index contributed by atoms with van der Waals surface area (Å²) in [5, 5.41) is 13.8. The van der Waals surface area contributed by atoms with Crippen LogP contribution in [0.25, 0.3) is 5.00 Å². The number of piperazine rings is 1. The van der Waals surface area contributed by atoms with E-state index < -0.39 is 0 Å². The van der Waals surface area contributed by atoms with E-state index in [2.05, 4.69) is 50.8 Å². The Morgan fingerprint density at radius 3 is 2.58 bits per heavy atom. The lowest BCUT2D eigenvalue weighted by Gasteiger charge is -2.32. The molecule has 2 aliphatic rings. The normalized spacial score (nSPS) is 18.0. The van der Waals surface area contributed by atoms with Crippen LogP contribution in [-0.2, 0) is 4.79 Å². The number of aliphatic imine (C=N–C) groups is 1. The van der Waals surface area contributed by atoms with Crippen LogP contribution in [0.2, 0.25) is 5.02 Å². The van der Waals surface area contributed by atoms with E-state index in [4.69, 9.17) is 16.6 Å². The molecule has 1 fully saturated rings. The highest BCUT2D eigenvalue weighted by Crippen LogP contribution is 2.39. The van der Waals surface area contributed by atoms with Crippen LogP contribution in [-0.4, -0.2) is 82.5 Å². The topological polar surface area (TPSA) is 78.7 Å². The average molecular weight is 554 g/mol. The van der Waals surface area contributed by atoms with Gasteiger partial charge in [0, 0.05) is 60.2 Å². The maximum Gasteiger partial charge on any atom is 0.220 e. The van der Waals surface area contributed by atoms with Crippen molar-refractivity contribution in [2.45, 2.75) is 46.1 Å². The third-order valence-electron chi connectivity index (χ3n) is 7.57. The molecular weight excluding hydrogens is 518 g/mol. The molecule has 0 bridgehead atoms. The number of aromatic nitrogens is 3. The van der Waals surface area contributed by atoms with Crippen molar-refractivity contribution in [2.24, 2.45) is 4.99 Å². The maximum absolute atomic E-state index is 12.8. The summed E-state index contributed by atoms with van der Waals surface area (Å²) in [5.41, 5.74) is 4.23. The molecule has 0 aliphatic carbocycles. The summed E-state index contributed by atoms with van der Waals surface area (Å²) in [6.07, 6.45) is 1.91. The highest BCUT2D eigenvalue weighted by Gasteiger charge is 2.31. The largest absolute Gasteiger partial charge is 0.356 e. The monoisotopic (exact) mass is 553 g/mol. The number of benzene rings is 1. The maximum atomic E-state index is 12.8. The average Bonchev–Trinajstić information content (AvgIpc) is 3.38. The van der Waals surface area contributed by atoms with Crippen LogP contribution in [0.4, 0.5) is 0 Å². The Kier molecular flexibility index (Phi) is 8.28. The number of nitrogens with one attached hydrogen (secondary N) is 1. The standard InChI is InChI=1S/C28H36ClN7OS/c1-18-19(2)38-28-25(18)26(21-6-8-22(29)9-7-21)31-23(27-33-32-20(3)36(27)28)10-11-24(37)30-12-5-13-35-16-14-34(4)15-17-35/h6-9,23H,5,10-17H2,1-4H3,(H,30,37)/t23-/m0/s1. The Balaban J connectivity index is 1.32. The number of likely N-dealkylation sites (N-methyl/N-ethyl adjacent to an activating group) is 1. The number of halogens is 1. The molecule has 0 radical (unpaired) electrons. The molecule has 202 valence electrons. The lowest BCUT2D eigenvalue weighted by molar-refractivity contribution is -0.121. The number of nitrogens with zero attached hydrogens (tertiary/aromatic N) is 6. The molecule has 5 rings (SSSR count). The first-order chi connectivity index (χ1) is 18.3. The molecule has 2 aliphatic heterocycles. The number of rotatable bonds is 8. The molecular formula is C28H36ClN7OS. The van der Waals surface area contributed by atoms with Crippen LogP contribution >= 0.6 is 22.9 Å². The second-order valence-corrected chi connectivity index (χ2v) is 11.9. The lowest BCUT2D eigenvalue weighted by atomic mass is 9.99. The van der Waals surface area contributed by atoms with Gasteiger partial charge in [-0.2, -0.15) is 0 Å². The minimum Gasteiger partial charge on any atom is -0.356 e. The van der Waals surface area contributed by atoms with E-state index >= 15 is 0 Å². The second kappa shape index (κ2) is 11.7. The summed E-state index contributed by atoms with van der Waals surface area (Å²) < 4.78 is 2.13. The summed E-state index contributed by atoms with van der Waals surface area (Å²) in [4.78, 5) is 24.1. The SMILES string of the molecule is Cc1sc2c(c1C)C(c1ccc(Cl)cc1)=N[C@@H](CCC(=O)NCCCN1CCN(C)CC1)c1nnc(C)n1-2. The number of thiophene rings is 1. The van der Waals surface area contributed by atoms with Crippen LogP contribution < -0.4 is 5.32 Å². The van der Waals surface area contributed by atoms with Crippen molar-refractivity contribution in [1.82, 2.24) is 29.9 Å². The van der Waals surface area contributed by atoms with Crippen LogP contribution in [0.15, 0.2) is 29.3 Å². The molecule has 1 saturated heterocycles. The van der Waals surface area contributed by atoms with Gasteiger partial charge in [-0.1, -0.05) is 23.7 Å². The zero-order valence-electron chi connectivity index (χ0n) is 22.6. The number of fused-ring (bicyclic) bond motifs is 3. The molecule has 3 aromatic rings. The minimum absolute atomic E-state index is 0.0560. The Morgan fingerprint density at radius 1 is 1.11 bits per heavy atom. The summed E-state index contributed by atoms with van der Waals surface area (Å²) in [6, 6.07) is 7.54. The third-order valence-corrected chi connectivity index (χ3v) is 9.02. The summed E-state index contributed by atoms with van der Waals surface area (Å²) in [6.45, 7) is 12.4. The van der Waals surface area contributed by atoms with Gasteiger partial charge in [0.1, 0.15) is 16.9 Å². The van der Waals surface area contributed by atoms with E-state index in [-0.39, 0.29) is 11.9 Å². The van der Waals surface area contributed by atoms with Crippen molar-refractivity contribution in [3.63, 3.8) is 0 Å². The minimum atomic E-state index is -0.280. The quantitative estimate of drug-likeness (QED) is 0.420. The number of aryl methyl sites for hydroxylation is 2. The van der Waals surface area contributed by atoms with Crippen LogP contribution in [0.3, 0.4) is 0 Å². The molecule has 38 heavy (non-hydrogen) atoms. The highest BCUT2D eigenvalue weighted by atomic mass is 35.5. The first kappa shape index (κ1) is 27.0. The van der Waals surface area contributed by atoms with E-state index in [1.54, 1.807) is 11.3 Å². The molecule has 1 N–H and O–H groups in total. The van der Waals surface area contributed by atoms with Crippen LogP contribution in [0.1, 0.15) is 58.5 Å². The summed E-state index contributed by atoms with van der Waals surface area (Å²) in [5.74, 6) is 1.67. The van der Waals surface area contributed by atoms with E-state index in [1.165, 1.54) is 10.4 Å². The number of hydrogen-bond donors (Lipinski definition) is 1. The van der Waals surface area contributed by atoms with Crippen LogP contribution in [0, 0.1) is 20.8 Å². The second-order valence-electron chi connectivity index (χ2n) is 10.3. The Labute approximate surface area is 233 Å². The van der Waals surface area contributed by atoms with Crippen molar-refractivity contribution < 1.29 is 4.79 Å². The van der Waals surface area contributed by atoms with Gasteiger partial charge < -0.3 is 15.1 Å². The molecule has 1 atom stereocenters. The van der Waals surface area contributed by atoms with Gasteiger partial charge in [-0.15, -0.1) is 21.5 Å². The van der Waals surface area contributed by atoms with E-state index in [9.17, 15) is 4.79 Å². The first-order valence-corrected chi connectivity index (χ1v) is 14.5. The molecule has 0 unspecified atom stereocenters. The van der Waals surface area contributed by atoms with E-state index in [0.717, 1.165) is 72.6 Å². The molecule has 0 saturated carbocycles. The number of hydrogen-bond acceptors (Lipinski definition) is 7. The van der Waals surface area contributed by atoms with E-state index in [0.29, 0.717) is 24.4 Å². The predicted octanol–water partition coefficient (Wildman–Crippen LogP) is 4.33. The number of amides is 1. The highest BCUT2D eigenvalue weighted by molar-refractivity contribution is 7.15. The Morgan fingerprint density at radius 2 is 1.84 bits per heavy atom. The molecule has 8 nitrogen and oxygen atoms in total. The number of carbonyl (C=O) groups excluding carboxylic acids is 1. The molecule has 4 heterocycles. The van der Waals surface area contributed by atoms with Crippen molar-refractivity contribution in [3.05, 3.63) is 62.5 Å². The van der Waals surface area contributed by atoms with Crippen molar-refractivity contribution >= 4 is 34.6 Å². The first-order valence-electron chi connectivity index (χ1n) is 13.4. The summed E-state index contributed by atoms with van der Waals surface area (Å²) in [7, 11) is 2.17. The smallest absolute Gasteiger partial charge is 0.220 e. The molecule has 0 spiro atoms. The van der Waals surface area contributed by atoms with Crippen molar-refractivity contribution in [2.75, 3.05) is 46.3 Å². The number of carbonyl (C=O) groups is 1. The fourth-order valence-corrected chi connectivity index (χ4v) is 6.49. The van der Waals surface area contributed by atoms with Crippen molar-refractivity contribution in [3.8, 4) is 5.00 Å². The van der Waals surface area contributed by atoms with Gasteiger partial charge in [0.25, 0.3) is 0 Å². The zero-order chi connectivity index (χ0) is 26.8. The van der Waals surface area contributed by atoms with Gasteiger partial charge in [-0.25, -0.2) is 0 Å². The summed E-state index contributed by atoms with van der Waals surface area (Å²) >= 11 is 7.94. The molecule has 10 heteroatoms. The Hall–Kier alpha value is -2.59. The van der Waals surface area contributed by atoms with Gasteiger partial charge in [-0.3, -0.25) is 14.4 Å². The third kappa shape index (κ3) is 5.71. The Bertz CT molecular complexity index is 1320. The van der Waals surface area contributed by atoms with Gasteiger partial charge in [0.15, 0.2) is 5.82 Å². The zero-order valence-corrected chi connectivity index (χ0v) is 24.2. The van der Waals surface area contributed by atoms with Gasteiger partial charge in [0.05, 0.1) is 5.71 Å². The molecule has 1 aromatic carbocycles. The fraction of sp³-hybridized carbons (Fsp3) is 0.500. The van der Waals surface area contributed by atoms with Crippen LogP contribution in [0.5, 0.6) is 0 Å². The molecule has 2 aromatic heterocycles. The lowest BCUT2D eigenvalue weighted by Crippen LogP contribution is -2.45. The van der Waals surface area contributed by atoms with Gasteiger partial charge in [0.2, 0.25) is 5.91 Å². The fourth-order valence-electron chi connectivity index (χ4n) is 5.15. The van der Waals surface area contributed by atoms with Gasteiger partial charge in [-0.05, 0) is 64.9 Å². The predicted molar refractivity (Wildman–Crippen MR) is 154 cm³/mol. The molecule has 1 amide bonds. The van der Waals surface area contributed by atoms with Gasteiger partial charge >= 0.3 is 0 Å². The van der Waals surface area contributed by atoms with Crippen molar-refractivity contribution in [1.29, 1.82) is 0 Å².